The van der Waals surface area contributed by atoms with Crippen molar-refractivity contribution < 1.29 is 19.4 Å². The van der Waals surface area contributed by atoms with Gasteiger partial charge in [-0.2, -0.15) is 0 Å². The maximum Gasteiger partial charge on any atom is 0.354 e. The molecule has 168 valence electrons. The highest BCUT2D eigenvalue weighted by Gasteiger charge is 2.13. The molecule has 0 fully saturated rings. The van der Waals surface area contributed by atoms with E-state index in [2.05, 4.69) is 15.0 Å². The maximum absolute atomic E-state index is 12.9. The number of ketones is 1. The Morgan fingerprint density at radius 2 is 1.76 bits per heavy atom. The molecule has 0 saturated heterocycles. The average molecular weight is 451 g/mol. The number of hydrogen-bond acceptors (Lipinski definition) is 5. The van der Waals surface area contributed by atoms with Gasteiger partial charge in [0, 0.05) is 34.5 Å². The summed E-state index contributed by atoms with van der Waals surface area (Å²) in [5.41, 5.74) is 4.76. The zero-order valence-corrected chi connectivity index (χ0v) is 18.4. The van der Waals surface area contributed by atoms with E-state index in [4.69, 9.17) is 4.74 Å². The Balaban J connectivity index is 1.41. The molecule has 7 nitrogen and oxygen atoms in total. The Morgan fingerprint density at radius 1 is 0.941 bits per heavy atom. The summed E-state index contributed by atoms with van der Waals surface area (Å²) in [6.07, 6.45) is 4.29. The van der Waals surface area contributed by atoms with Gasteiger partial charge >= 0.3 is 5.97 Å². The largest absolute Gasteiger partial charge is 0.497 e. The van der Waals surface area contributed by atoms with Crippen molar-refractivity contribution in [2.75, 3.05) is 7.11 Å². The third-order valence-electron chi connectivity index (χ3n) is 5.87. The minimum Gasteiger partial charge on any atom is -0.497 e. The molecule has 2 N–H and O–H groups in total. The summed E-state index contributed by atoms with van der Waals surface area (Å²) in [6, 6.07) is 18.7. The van der Waals surface area contributed by atoms with E-state index in [9.17, 15) is 14.7 Å². The van der Waals surface area contributed by atoms with Crippen LogP contribution in [0.15, 0.2) is 73.1 Å². The number of carboxylic acids is 1. The molecule has 5 aromatic rings. The van der Waals surface area contributed by atoms with Crippen molar-refractivity contribution in [2.24, 2.45) is 0 Å². The summed E-state index contributed by atoms with van der Waals surface area (Å²) in [6.45, 7) is 0. The van der Waals surface area contributed by atoms with Crippen LogP contribution >= 0.6 is 0 Å². The van der Waals surface area contributed by atoms with Crippen LogP contribution in [0, 0.1) is 0 Å². The lowest BCUT2D eigenvalue weighted by Gasteiger charge is -2.06. The molecule has 0 aliphatic heterocycles. The van der Waals surface area contributed by atoms with Crippen molar-refractivity contribution in [3.8, 4) is 16.9 Å². The molecule has 7 heteroatoms. The number of fused-ring (bicyclic) bond motifs is 3. The van der Waals surface area contributed by atoms with Crippen LogP contribution in [0.1, 0.15) is 32.8 Å². The number of H-pyrrole nitrogens is 1. The highest BCUT2D eigenvalue weighted by molar-refractivity contribution is 6.08. The third-order valence-corrected chi connectivity index (χ3v) is 5.87. The Kier molecular flexibility index (Phi) is 5.51. The highest BCUT2D eigenvalue weighted by Crippen LogP contribution is 2.29. The zero-order valence-electron chi connectivity index (χ0n) is 18.4. The SMILES string of the molecule is COc1ccc(CCC(=O)c2cccc(-c3cnc4[nH]c5cnc(C(=O)O)cc5c4c3)c2)cc1. The topological polar surface area (TPSA) is 105 Å². The number of aromatic nitrogens is 3. The molecule has 0 bridgehead atoms. The lowest BCUT2D eigenvalue weighted by molar-refractivity contribution is 0.0690. The smallest absolute Gasteiger partial charge is 0.354 e. The number of aryl methyl sites for hydroxylation is 1. The molecule has 2 aromatic carbocycles. The standard InChI is InChI=1S/C27H21N3O4/c1-34-20-8-5-16(6-9-20)7-10-25(31)18-4-2-3-17(11-18)19-12-22-21-13-23(27(32)33)28-15-24(21)30-26(22)29-14-19/h2-6,8-9,11-15H,7,10H2,1H3,(H,29,30)(H,32,33). The molecule has 5 rings (SSSR count). The van der Waals surface area contributed by atoms with Crippen LogP contribution in [0.2, 0.25) is 0 Å². The van der Waals surface area contributed by atoms with E-state index in [-0.39, 0.29) is 11.5 Å². The lowest BCUT2D eigenvalue weighted by atomic mass is 9.98. The number of rotatable bonds is 7. The van der Waals surface area contributed by atoms with Crippen molar-refractivity contribution in [1.29, 1.82) is 0 Å². The van der Waals surface area contributed by atoms with Gasteiger partial charge in [0.05, 0.1) is 18.8 Å². The fourth-order valence-electron chi connectivity index (χ4n) is 4.02. The van der Waals surface area contributed by atoms with E-state index in [0.29, 0.717) is 29.6 Å². The van der Waals surface area contributed by atoms with Gasteiger partial charge in [0.25, 0.3) is 0 Å². The number of aromatic carboxylic acids is 1. The molecule has 0 spiro atoms. The van der Waals surface area contributed by atoms with Crippen molar-refractivity contribution in [3.63, 3.8) is 0 Å². The van der Waals surface area contributed by atoms with Gasteiger partial charge < -0.3 is 14.8 Å². The lowest BCUT2D eigenvalue weighted by Crippen LogP contribution is -2.01. The van der Waals surface area contributed by atoms with Crippen molar-refractivity contribution in [3.05, 3.63) is 89.9 Å². The van der Waals surface area contributed by atoms with E-state index in [0.717, 1.165) is 33.2 Å². The minimum absolute atomic E-state index is 0.0248. The van der Waals surface area contributed by atoms with Crippen LogP contribution in [0.3, 0.4) is 0 Å². The van der Waals surface area contributed by atoms with Crippen LogP contribution in [0.5, 0.6) is 5.75 Å². The summed E-state index contributed by atoms with van der Waals surface area (Å²) in [5.74, 6) is -0.226. The first kappa shape index (κ1) is 21.3. The fraction of sp³-hybridized carbons (Fsp3) is 0.111. The van der Waals surface area contributed by atoms with Crippen molar-refractivity contribution >= 4 is 33.7 Å². The molecule has 34 heavy (non-hydrogen) atoms. The number of aromatic amines is 1. The minimum atomic E-state index is -1.08. The zero-order chi connectivity index (χ0) is 23.7. The van der Waals surface area contributed by atoms with Gasteiger partial charge in [0.15, 0.2) is 5.78 Å². The van der Waals surface area contributed by atoms with E-state index in [1.807, 2.05) is 54.6 Å². The van der Waals surface area contributed by atoms with E-state index in [1.165, 1.54) is 6.20 Å². The number of Topliss-reactive ketones (excluding diaryl/α,β-unsaturated/α-hetero) is 1. The first-order valence-electron chi connectivity index (χ1n) is 10.8. The molecule has 0 saturated carbocycles. The molecular weight excluding hydrogens is 430 g/mol. The van der Waals surface area contributed by atoms with Gasteiger partial charge in [-0.15, -0.1) is 0 Å². The summed E-state index contributed by atoms with van der Waals surface area (Å²) in [5, 5.41) is 10.8. The number of methoxy groups -OCH3 is 1. The number of nitrogens with one attached hydrogen (secondary N) is 1. The maximum atomic E-state index is 12.9. The van der Waals surface area contributed by atoms with Crippen LogP contribution in [0.25, 0.3) is 33.1 Å². The molecule has 0 atom stereocenters. The normalized spacial score (nSPS) is 11.1. The van der Waals surface area contributed by atoms with Gasteiger partial charge in [-0.05, 0) is 47.9 Å². The predicted molar refractivity (Wildman–Crippen MR) is 129 cm³/mol. The molecule has 3 aromatic heterocycles. The number of carbonyl (C=O) groups excluding carboxylic acids is 1. The number of benzene rings is 2. The van der Waals surface area contributed by atoms with Crippen LogP contribution in [-0.2, 0) is 6.42 Å². The Hall–Kier alpha value is -4.52. The number of nitrogens with zero attached hydrogens (tertiary/aromatic N) is 2. The Bertz CT molecular complexity index is 1540. The first-order chi connectivity index (χ1) is 16.5. The number of hydrogen-bond donors (Lipinski definition) is 2. The van der Waals surface area contributed by atoms with E-state index in [1.54, 1.807) is 19.4 Å². The summed E-state index contributed by atoms with van der Waals surface area (Å²) in [4.78, 5) is 35.8. The van der Waals surface area contributed by atoms with Crippen LogP contribution in [-0.4, -0.2) is 38.9 Å². The van der Waals surface area contributed by atoms with Crippen molar-refractivity contribution in [2.45, 2.75) is 12.8 Å². The highest BCUT2D eigenvalue weighted by atomic mass is 16.5. The molecular formula is C27H21N3O4. The summed E-state index contributed by atoms with van der Waals surface area (Å²) in [7, 11) is 1.63. The van der Waals surface area contributed by atoms with Gasteiger partial charge in [-0.3, -0.25) is 4.79 Å². The molecule has 3 heterocycles. The number of pyridine rings is 2. The molecule has 0 aliphatic rings. The second-order valence-corrected chi connectivity index (χ2v) is 8.02. The first-order valence-corrected chi connectivity index (χ1v) is 10.8. The second kappa shape index (κ2) is 8.78. The van der Waals surface area contributed by atoms with Gasteiger partial charge in [0.1, 0.15) is 17.1 Å². The quantitative estimate of drug-likeness (QED) is 0.325. The van der Waals surface area contributed by atoms with E-state index >= 15 is 0 Å². The van der Waals surface area contributed by atoms with Gasteiger partial charge in [-0.1, -0.05) is 30.3 Å². The van der Waals surface area contributed by atoms with Gasteiger partial charge in [0.2, 0.25) is 0 Å². The Labute approximate surface area is 195 Å². The average Bonchev–Trinajstić information content (AvgIpc) is 3.24. The molecule has 0 radical (unpaired) electrons. The summed E-state index contributed by atoms with van der Waals surface area (Å²) < 4.78 is 5.18. The second-order valence-electron chi connectivity index (χ2n) is 8.02. The molecule has 0 aliphatic carbocycles. The number of ether oxygens (including phenoxy) is 1. The molecule has 0 amide bonds. The van der Waals surface area contributed by atoms with Gasteiger partial charge in [-0.25, -0.2) is 14.8 Å². The summed E-state index contributed by atoms with van der Waals surface area (Å²) >= 11 is 0. The number of carboxylic acid groups (broad SMARTS) is 1. The monoisotopic (exact) mass is 451 g/mol. The van der Waals surface area contributed by atoms with Crippen LogP contribution in [0.4, 0.5) is 0 Å². The molecule has 0 unspecified atom stereocenters. The van der Waals surface area contributed by atoms with E-state index < -0.39 is 5.97 Å². The third kappa shape index (κ3) is 4.11. The fourth-order valence-corrected chi connectivity index (χ4v) is 4.02. The van der Waals surface area contributed by atoms with Crippen LogP contribution < -0.4 is 4.74 Å². The Morgan fingerprint density at radius 3 is 2.53 bits per heavy atom. The predicted octanol–water partition coefficient (Wildman–Crippen LogP) is 5.30. The van der Waals surface area contributed by atoms with Crippen molar-refractivity contribution in [1.82, 2.24) is 15.0 Å². The number of carbonyl (C=O) groups is 2.